The van der Waals surface area contributed by atoms with Gasteiger partial charge >= 0.3 is 0 Å². The lowest BCUT2D eigenvalue weighted by molar-refractivity contribution is 0.112. The molecule has 0 heterocycles. The van der Waals surface area contributed by atoms with Gasteiger partial charge in [0.2, 0.25) is 0 Å². The zero-order valence-electron chi connectivity index (χ0n) is 13.0. The van der Waals surface area contributed by atoms with Gasteiger partial charge < -0.3 is 9.47 Å². The van der Waals surface area contributed by atoms with Gasteiger partial charge in [0, 0.05) is 5.56 Å². The van der Waals surface area contributed by atoms with Gasteiger partial charge in [-0.1, -0.05) is 26.2 Å². The van der Waals surface area contributed by atoms with Crippen molar-refractivity contribution in [2.24, 2.45) is 0 Å². The maximum atomic E-state index is 10.6. The van der Waals surface area contributed by atoms with Gasteiger partial charge in [-0.25, -0.2) is 0 Å². The largest absolute Gasteiger partial charge is 0.494 e. The summed E-state index contributed by atoms with van der Waals surface area (Å²) in [4.78, 5) is 10.6. The normalized spacial score (nSPS) is 10.2. The standard InChI is InChI=1S/C19H22O3/c1-2-3-4-5-14-21-17-10-12-19(13-11-17)22-18-8-6-16(15-20)7-9-18/h6-13,15H,2-5,14H2,1H3. The van der Waals surface area contributed by atoms with Gasteiger partial charge in [-0.3, -0.25) is 4.79 Å². The molecule has 0 N–H and O–H groups in total. The number of carbonyl (C=O) groups excluding carboxylic acids is 1. The van der Waals surface area contributed by atoms with E-state index in [2.05, 4.69) is 6.92 Å². The molecule has 0 amide bonds. The van der Waals surface area contributed by atoms with Gasteiger partial charge in [0.1, 0.15) is 23.5 Å². The Morgan fingerprint density at radius 1 is 0.818 bits per heavy atom. The van der Waals surface area contributed by atoms with E-state index in [9.17, 15) is 4.79 Å². The van der Waals surface area contributed by atoms with Gasteiger partial charge in [0.15, 0.2) is 0 Å². The van der Waals surface area contributed by atoms with Crippen molar-refractivity contribution in [1.82, 2.24) is 0 Å². The number of unbranched alkanes of at least 4 members (excludes halogenated alkanes) is 3. The monoisotopic (exact) mass is 298 g/mol. The Balaban J connectivity index is 1.81. The summed E-state index contributed by atoms with van der Waals surface area (Å²) in [6.45, 7) is 2.96. The molecule has 0 aromatic heterocycles. The van der Waals surface area contributed by atoms with Crippen LogP contribution in [0.25, 0.3) is 0 Å². The molecule has 0 bridgehead atoms. The van der Waals surface area contributed by atoms with Crippen molar-refractivity contribution in [1.29, 1.82) is 0 Å². The Bertz CT molecular complexity index is 558. The minimum absolute atomic E-state index is 0.638. The van der Waals surface area contributed by atoms with Crippen LogP contribution in [0.2, 0.25) is 0 Å². The van der Waals surface area contributed by atoms with Crippen LogP contribution >= 0.6 is 0 Å². The smallest absolute Gasteiger partial charge is 0.150 e. The molecule has 0 saturated heterocycles. The molecule has 2 aromatic carbocycles. The summed E-state index contributed by atoms with van der Waals surface area (Å²) in [7, 11) is 0. The van der Waals surface area contributed by atoms with Gasteiger partial charge in [-0.05, 0) is 55.0 Å². The first-order valence-electron chi connectivity index (χ1n) is 7.78. The maximum absolute atomic E-state index is 10.6. The number of rotatable bonds is 9. The molecule has 3 heteroatoms. The van der Waals surface area contributed by atoms with Crippen molar-refractivity contribution in [3.63, 3.8) is 0 Å². The lowest BCUT2D eigenvalue weighted by Crippen LogP contribution is -1.97. The average molecular weight is 298 g/mol. The van der Waals surface area contributed by atoms with Crippen LogP contribution in [0.4, 0.5) is 0 Å². The lowest BCUT2D eigenvalue weighted by Gasteiger charge is -2.08. The van der Waals surface area contributed by atoms with Gasteiger partial charge in [-0.15, -0.1) is 0 Å². The van der Waals surface area contributed by atoms with E-state index in [1.54, 1.807) is 24.3 Å². The summed E-state index contributed by atoms with van der Waals surface area (Å²) in [6, 6.07) is 14.6. The SMILES string of the molecule is CCCCCCOc1ccc(Oc2ccc(C=O)cc2)cc1. The number of hydrogen-bond donors (Lipinski definition) is 0. The van der Waals surface area contributed by atoms with Crippen LogP contribution in [0.1, 0.15) is 43.0 Å². The molecule has 0 spiro atoms. The van der Waals surface area contributed by atoms with Crippen molar-refractivity contribution < 1.29 is 14.3 Å². The van der Waals surface area contributed by atoms with E-state index in [0.717, 1.165) is 30.8 Å². The molecule has 0 aliphatic heterocycles. The zero-order valence-corrected chi connectivity index (χ0v) is 13.0. The van der Waals surface area contributed by atoms with Crippen LogP contribution < -0.4 is 9.47 Å². The Morgan fingerprint density at radius 3 is 2.00 bits per heavy atom. The van der Waals surface area contributed by atoms with Crippen molar-refractivity contribution >= 4 is 6.29 Å². The molecule has 116 valence electrons. The highest BCUT2D eigenvalue weighted by molar-refractivity contribution is 5.74. The van der Waals surface area contributed by atoms with Crippen LogP contribution in [0.15, 0.2) is 48.5 Å². The van der Waals surface area contributed by atoms with Crippen LogP contribution in [0.5, 0.6) is 17.2 Å². The highest BCUT2D eigenvalue weighted by Crippen LogP contribution is 2.24. The first-order chi connectivity index (χ1) is 10.8. The maximum Gasteiger partial charge on any atom is 0.150 e. The molecule has 0 fully saturated rings. The van der Waals surface area contributed by atoms with Gasteiger partial charge in [-0.2, -0.15) is 0 Å². The van der Waals surface area contributed by atoms with E-state index in [0.29, 0.717) is 11.3 Å². The quantitative estimate of drug-likeness (QED) is 0.468. The molecule has 0 aliphatic carbocycles. The fourth-order valence-electron chi connectivity index (χ4n) is 2.07. The molecule has 0 radical (unpaired) electrons. The minimum atomic E-state index is 0.638. The number of ether oxygens (including phenoxy) is 2. The molecule has 0 aliphatic rings. The Morgan fingerprint density at radius 2 is 1.41 bits per heavy atom. The molecule has 22 heavy (non-hydrogen) atoms. The van der Waals surface area contributed by atoms with Crippen LogP contribution in [-0.2, 0) is 0 Å². The predicted octanol–water partition coefficient (Wildman–Crippen LogP) is 5.25. The average Bonchev–Trinajstić information content (AvgIpc) is 2.57. The third-order valence-corrected chi connectivity index (χ3v) is 3.34. The van der Waals surface area contributed by atoms with Crippen LogP contribution in [-0.4, -0.2) is 12.9 Å². The molecule has 3 nitrogen and oxygen atoms in total. The van der Waals surface area contributed by atoms with Gasteiger partial charge in [0.25, 0.3) is 0 Å². The molecule has 2 rings (SSSR count). The Labute approximate surface area is 131 Å². The zero-order chi connectivity index (χ0) is 15.6. The summed E-state index contributed by atoms with van der Waals surface area (Å²) in [5, 5.41) is 0. The van der Waals surface area contributed by atoms with E-state index >= 15 is 0 Å². The highest BCUT2D eigenvalue weighted by Gasteiger charge is 1.99. The van der Waals surface area contributed by atoms with Gasteiger partial charge in [0.05, 0.1) is 6.61 Å². The fourth-order valence-corrected chi connectivity index (χ4v) is 2.07. The van der Waals surface area contributed by atoms with E-state index in [-0.39, 0.29) is 0 Å². The first-order valence-corrected chi connectivity index (χ1v) is 7.78. The second-order valence-corrected chi connectivity index (χ2v) is 5.17. The third kappa shape index (κ3) is 5.24. The Hall–Kier alpha value is -2.29. The van der Waals surface area contributed by atoms with Crippen molar-refractivity contribution in [2.75, 3.05) is 6.61 Å². The van der Waals surface area contributed by atoms with Crippen molar-refractivity contribution in [2.45, 2.75) is 32.6 Å². The highest BCUT2D eigenvalue weighted by atomic mass is 16.5. The summed E-state index contributed by atoms with van der Waals surface area (Å²) >= 11 is 0. The summed E-state index contributed by atoms with van der Waals surface area (Å²) in [6.07, 6.45) is 5.62. The van der Waals surface area contributed by atoms with E-state index < -0.39 is 0 Å². The number of aldehydes is 1. The third-order valence-electron chi connectivity index (χ3n) is 3.34. The van der Waals surface area contributed by atoms with Crippen LogP contribution in [0.3, 0.4) is 0 Å². The van der Waals surface area contributed by atoms with E-state index in [1.807, 2.05) is 24.3 Å². The predicted molar refractivity (Wildman–Crippen MR) is 88.0 cm³/mol. The Kier molecular flexibility index (Phi) is 6.49. The second kappa shape index (κ2) is 8.88. The lowest BCUT2D eigenvalue weighted by atomic mass is 10.2. The summed E-state index contributed by atoms with van der Waals surface area (Å²) < 4.78 is 11.4. The fraction of sp³-hybridized carbons (Fsp3) is 0.316. The van der Waals surface area contributed by atoms with Crippen LogP contribution in [0, 0.1) is 0 Å². The number of carbonyl (C=O) groups is 1. The molecular formula is C19H22O3. The molecular weight excluding hydrogens is 276 g/mol. The van der Waals surface area contributed by atoms with E-state index in [1.165, 1.54) is 19.3 Å². The first kappa shape index (κ1) is 16.1. The molecule has 0 atom stereocenters. The van der Waals surface area contributed by atoms with E-state index in [4.69, 9.17) is 9.47 Å². The van der Waals surface area contributed by atoms with Crippen molar-refractivity contribution in [3.8, 4) is 17.2 Å². The number of benzene rings is 2. The number of hydrogen-bond acceptors (Lipinski definition) is 3. The molecule has 2 aromatic rings. The topological polar surface area (TPSA) is 35.5 Å². The second-order valence-electron chi connectivity index (χ2n) is 5.17. The molecule has 0 unspecified atom stereocenters. The molecule has 0 saturated carbocycles. The summed E-state index contributed by atoms with van der Waals surface area (Å²) in [5.74, 6) is 2.32. The minimum Gasteiger partial charge on any atom is -0.494 e. The summed E-state index contributed by atoms with van der Waals surface area (Å²) in [5.41, 5.74) is 0.638. The van der Waals surface area contributed by atoms with Crippen molar-refractivity contribution in [3.05, 3.63) is 54.1 Å².